The second kappa shape index (κ2) is 6.21. The van der Waals surface area contributed by atoms with Gasteiger partial charge in [-0.1, -0.05) is 23.2 Å². The van der Waals surface area contributed by atoms with Crippen LogP contribution in [-0.4, -0.2) is 18.3 Å². The van der Waals surface area contributed by atoms with Crippen LogP contribution in [0.2, 0.25) is 10.0 Å². The molecule has 0 aliphatic carbocycles. The standard InChI is InChI=1S/C10H9Cl3O2/c11-6-8(14)3-4-15-10-2-1-7(12)5-9(10)13/h1-2,5H,3-4,6H2. The SMILES string of the molecule is O=C(CCl)CCOc1ccc(Cl)cc1Cl. The van der Waals surface area contributed by atoms with Gasteiger partial charge >= 0.3 is 0 Å². The number of Topliss-reactive ketones (excluding diaryl/α,β-unsaturated/α-hetero) is 1. The Morgan fingerprint density at radius 2 is 2.07 bits per heavy atom. The lowest BCUT2D eigenvalue weighted by Crippen LogP contribution is -2.07. The van der Waals surface area contributed by atoms with Crippen molar-refractivity contribution in [3.05, 3.63) is 28.2 Å². The van der Waals surface area contributed by atoms with Crippen molar-refractivity contribution in [2.24, 2.45) is 0 Å². The van der Waals surface area contributed by atoms with Crippen molar-refractivity contribution in [3.8, 4) is 5.75 Å². The first-order valence-electron chi connectivity index (χ1n) is 4.29. The molecule has 0 fully saturated rings. The van der Waals surface area contributed by atoms with Crippen molar-refractivity contribution < 1.29 is 9.53 Å². The monoisotopic (exact) mass is 266 g/mol. The van der Waals surface area contributed by atoms with E-state index in [1.165, 1.54) is 0 Å². The maximum Gasteiger partial charge on any atom is 0.150 e. The molecule has 1 rings (SSSR count). The number of ether oxygens (including phenoxy) is 1. The molecule has 1 aromatic carbocycles. The highest BCUT2D eigenvalue weighted by Crippen LogP contribution is 2.27. The summed E-state index contributed by atoms with van der Waals surface area (Å²) < 4.78 is 5.29. The number of rotatable bonds is 5. The van der Waals surface area contributed by atoms with Gasteiger partial charge in [0.25, 0.3) is 0 Å². The number of halogens is 3. The molecule has 0 saturated carbocycles. The van der Waals surface area contributed by atoms with E-state index in [9.17, 15) is 4.79 Å². The summed E-state index contributed by atoms with van der Waals surface area (Å²) in [5, 5.41) is 0.977. The van der Waals surface area contributed by atoms with Crippen molar-refractivity contribution in [2.45, 2.75) is 6.42 Å². The molecule has 5 heteroatoms. The number of hydrogen-bond acceptors (Lipinski definition) is 2. The number of hydrogen-bond donors (Lipinski definition) is 0. The van der Waals surface area contributed by atoms with E-state index in [0.717, 1.165) is 0 Å². The van der Waals surface area contributed by atoms with Gasteiger partial charge in [0.15, 0.2) is 5.78 Å². The van der Waals surface area contributed by atoms with Crippen molar-refractivity contribution in [3.63, 3.8) is 0 Å². The topological polar surface area (TPSA) is 26.3 Å². The van der Waals surface area contributed by atoms with Gasteiger partial charge in [-0.2, -0.15) is 0 Å². The predicted molar refractivity (Wildman–Crippen MR) is 62.3 cm³/mol. The predicted octanol–water partition coefficient (Wildman–Crippen LogP) is 3.57. The number of benzene rings is 1. The van der Waals surface area contributed by atoms with Crippen LogP contribution in [0, 0.1) is 0 Å². The molecule has 0 spiro atoms. The quantitative estimate of drug-likeness (QED) is 0.762. The summed E-state index contributed by atoms with van der Waals surface area (Å²) in [7, 11) is 0. The summed E-state index contributed by atoms with van der Waals surface area (Å²) in [6, 6.07) is 4.92. The van der Waals surface area contributed by atoms with E-state index < -0.39 is 0 Å². The second-order valence-electron chi connectivity index (χ2n) is 2.85. The molecule has 0 bridgehead atoms. The van der Waals surface area contributed by atoms with Crippen molar-refractivity contribution in [1.82, 2.24) is 0 Å². The van der Waals surface area contributed by atoms with Gasteiger partial charge in [-0.15, -0.1) is 11.6 Å². The molecule has 0 unspecified atom stereocenters. The Labute approximate surface area is 103 Å². The van der Waals surface area contributed by atoms with Gasteiger partial charge in [0.1, 0.15) is 5.75 Å². The number of ketones is 1. The summed E-state index contributed by atoms with van der Waals surface area (Å²) in [6.07, 6.45) is 0.280. The first-order chi connectivity index (χ1) is 7.13. The molecule has 82 valence electrons. The van der Waals surface area contributed by atoms with E-state index in [0.29, 0.717) is 15.8 Å². The fourth-order valence-corrected chi connectivity index (χ4v) is 1.53. The van der Waals surface area contributed by atoms with Gasteiger partial charge in [-0.25, -0.2) is 0 Å². The molecule has 0 N–H and O–H groups in total. The molecule has 0 aliphatic rings. The van der Waals surface area contributed by atoms with Crippen LogP contribution in [-0.2, 0) is 4.79 Å². The second-order valence-corrected chi connectivity index (χ2v) is 3.96. The molecular weight excluding hydrogens is 258 g/mol. The zero-order valence-corrected chi connectivity index (χ0v) is 10.1. The Kier molecular flexibility index (Phi) is 5.23. The van der Waals surface area contributed by atoms with E-state index in [4.69, 9.17) is 39.5 Å². The summed E-state index contributed by atoms with van der Waals surface area (Å²) in [5.41, 5.74) is 0. The molecule has 0 aromatic heterocycles. The summed E-state index contributed by atoms with van der Waals surface area (Å²) in [6.45, 7) is 0.271. The number of carbonyl (C=O) groups excluding carboxylic acids is 1. The highest BCUT2D eigenvalue weighted by Gasteiger charge is 2.04. The molecule has 0 saturated heterocycles. The maximum atomic E-state index is 10.9. The number of carbonyl (C=O) groups is 1. The number of alkyl halides is 1. The van der Waals surface area contributed by atoms with Gasteiger partial charge in [-0.3, -0.25) is 4.79 Å². The first-order valence-corrected chi connectivity index (χ1v) is 5.58. The third-order valence-corrected chi connectivity index (χ3v) is 2.51. The summed E-state index contributed by atoms with van der Waals surface area (Å²) in [5.74, 6) is 0.475. The minimum absolute atomic E-state index is 0.0116. The van der Waals surface area contributed by atoms with Crippen molar-refractivity contribution >= 4 is 40.6 Å². The van der Waals surface area contributed by atoms with Gasteiger partial charge < -0.3 is 4.74 Å². The van der Waals surface area contributed by atoms with Crippen LogP contribution in [0.15, 0.2) is 18.2 Å². The van der Waals surface area contributed by atoms with Gasteiger partial charge in [0.05, 0.1) is 17.5 Å². The molecular formula is C10H9Cl3O2. The molecule has 1 aromatic rings. The molecule has 15 heavy (non-hydrogen) atoms. The van der Waals surface area contributed by atoms with Crippen molar-refractivity contribution in [1.29, 1.82) is 0 Å². The average Bonchev–Trinajstić information content (AvgIpc) is 2.21. The van der Waals surface area contributed by atoms with Gasteiger partial charge in [0, 0.05) is 11.4 Å². The molecule has 0 aliphatic heterocycles. The zero-order chi connectivity index (χ0) is 11.3. The lowest BCUT2D eigenvalue weighted by Gasteiger charge is -2.06. The molecule has 0 amide bonds. The highest BCUT2D eigenvalue weighted by atomic mass is 35.5. The largest absolute Gasteiger partial charge is 0.492 e. The van der Waals surface area contributed by atoms with Crippen LogP contribution in [0.5, 0.6) is 5.75 Å². The smallest absolute Gasteiger partial charge is 0.150 e. The average molecular weight is 268 g/mol. The Balaban J connectivity index is 2.47. The lowest BCUT2D eigenvalue weighted by atomic mass is 10.3. The third-order valence-electron chi connectivity index (χ3n) is 1.68. The maximum absolute atomic E-state index is 10.9. The van der Waals surface area contributed by atoms with Crippen LogP contribution in [0.3, 0.4) is 0 Å². The van der Waals surface area contributed by atoms with Gasteiger partial charge in [0.2, 0.25) is 0 Å². The Bertz CT molecular complexity index is 353. The van der Waals surface area contributed by atoms with Crippen LogP contribution < -0.4 is 4.74 Å². The van der Waals surface area contributed by atoms with E-state index in [2.05, 4.69) is 0 Å². The fourth-order valence-electron chi connectivity index (χ4n) is 0.934. The van der Waals surface area contributed by atoms with E-state index >= 15 is 0 Å². The normalized spacial score (nSPS) is 10.1. The van der Waals surface area contributed by atoms with Crippen LogP contribution in [0.25, 0.3) is 0 Å². The lowest BCUT2D eigenvalue weighted by molar-refractivity contribution is -0.117. The van der Waals surface area contributed by atoms with Crippen molar-refractivity contribution in [2.75, 3.05) is 12.5 Å². The van der Waals surface area contributed by atoms with Crippen LogP contribution >= 0.6 is 34.8 Å². The highest BCUT2D eigenvalue weighted by molar-refractivity contribution is 6.35. The van der Waals surface area contributed by atoms with E-state index in [-0.39, 0.29) is 24.7 Å². The van der Waals surface area contributed by atoms with Crippen LogP contribution in [0.1, 0.15) is 6.42 Å². The summed E-state index contributed by atoms with van der Waals surface area (Å²) in [4.78, 5) is 10.9. The Morgan fingerprint density at radius 3 is 2.67 bits per heavy atom. The Hall–Kier alpha value is -0.440. The first kappa shape index (κ1) is 12.6. The molecule has 2 nitrogen and oxygen atoms in total. The molecule has 0 atom stereocenters. The third kappa shape index (κ3) is 4.29. The minimum atomic E-state index is -0.0539. The zero-order valence-electron chi connectivity index (χ0n) is 7.80. The molecule has 0 heterocycles. The summed E-state index contributed by atoms with van der Waals surface area (Å²) >= 11 is 16.9. The Morgan fingerprint density at radius 1 is 1.33 bits per heavy atom. The fraction of sp³-hybridized carbons (Fsp3) is 0.300. The minimum Gasteiger partial charge on any atom is -0.492 e. The van der Waals surface area contributed by atoms with E-state index in [1.807, 2.05) is 0 Å². The molecule has 0 radical (unpaired) electrons. The van der Waals surface area contributed by atoms with Crippen LogP contribution in [0.4, 0.5) is 0 Å². The van der Waals surface area contributed by atoms with Gasteiger partial charge in [-0.05, 0) is 18.2 Å². The van der Waals surface area contributed by atoms with E-state index in [1.54, 1.807) is 18.2 Å².